The quantitative estimate of drug-likeness (QED) is 0.901. The van der Waals surface area contributed by atoms with Gasteiger partial charge in [0.1, 0.15) is 11.8 Å². The van der Waals surface area contributed by atoms with E-state index in [4.69, 9.17) is 5.26 Å². The van der Waals surface area contributed by atoms with E-state index in [-0.39, 0.29) is 11.6 Å². The Morgan fingerprint density at radius 1 is 1.17 bits per heavy atom. The molecular weight excluding hydrogens is 302 g/mol. The Bertz CT molecular complexity index is 762. The Hall–Kier alpha value is -2.94. The second kappa shape index (κ2) is 7.55. The summed E-state index contributed by atoms with van der Waals surface area (Å²) in [5.74, 6) is 0.120. The average molecular weight is 321 g/mol. The summed E-state index contributed by atoms with van der Waals surface area (Å²) in [6.07, 6.45) is 7.49. The van der Waals surface area contributed by atoms with Crippen LogP contribution in [-0.2, 0) is 0 Å². The van der Waals surface area contributed by atoms with Crippen LogP contribution in [0.15, 0.2) is 36.5 Å². The van der Waals surface area contributed by atoms with Crippen LogP contribution in [0.5, 0.6) is 0 Å². The van der Waals surface area contributed by atoms with Crippen LogP contribution in [0.1, 0.15) is 48.2 Å². The minimum atomic E-state index is -0.355. The summed E-state index contributed by atoms with van der Waals surface area (Å²) in [6.45, 7) is 0. The zero-order valence-corrected chi connectivity index (χ0v) is 13.3. The summed E-state index contributed by atoms with van der Waals surface area (Å²) in [4.78, 5) is 20.9. The summed E-state index contributed by atoms with van der Waals surface area (Å²) >= 11 is 0. The number of nitrogens with one attached hydrogen (secondary N) is 2. The molecule has 0 aliphatic heterocycles. The van der Waals surface area contributed by atoms with Crippen molar-refractivity contribution in [2.45, 2.75) is 38.1 Å². The first-order valence-electron chi connectivity index (χ1n) is 8.16. The number of benzene rings is 1. The molecule has 1 aliphatic carbocycles. The highest BCUT2D eigenvalue weighted by Crippen LogP contribution is 2.20. The Kier molecular flexibility index (Phi) is 5.02. The van der Waals surface area contributed by atoms with Crippen LogP contribution in [0.4, 0.5) is 11.6 Å². The third-order valence-corrected chi connectivity index (χ3v) is 4.12. The molecule has 1 heterocycles. The lowest BCUT2D eigenvalue weighted by Gasteiger charge is -2.22. The normalized spacial score (nSPS) is 14.6. The molecule has 3 rings (SSSR count). The summed E-state index contributed by atoms with van der Waals surface area (Å²) in [5, 5.41) is 15.1. The lowest BCUT2D eigenvalue weighted by Crippen LogP contribution is -2.24. The third-order valence-electron chi connectivity index (χ3n) is 4.12. The van der Waals surface area contributed by atoms with Gasteiger partial charge in [-0.2, -0.15) is 5.26 Å². The lowest BCUT2D eigenvalue weighted by molar-refractivity contribution is 0.102. The number of rotatable bonds is 4. The van der Waals surface area contributed by atoms with Gasteiger partial charge in [-0.1, -0.05) is 31.4 Å². The molecule has 0 spiro atoms. The van der Waals surface area contributed by atoms with E-state index in [2.05, 4.69) is 26.7 Å². The van der Waals surface area contributed by atoms with Crippen LogP contribution in [-0.4, -0.2) is 21.9 Å². The topological polar surface area (TPSA) is 90.7 Å². The first-order chi connectivity index (χ1) is 11.8. The summed E-state index contributed by atoms with van der Waals surface area (Å²) in [6, 6.07) is 10.9. The monoisotopic (exact) mass is 321 g/mol. The number of carbonyl (C=O) groups excluding carboxylic acids is 1. The van der Waals surface area contributed by atoms with Crippen LogP contribution in [0.3, 0.4) is 0 Å². The molecule has 1 aromatic heterocycles. The highest BCUT2D eigenvalue weighted by atomic mass is 16.1. The largest absolute Gasteiger partial charge is 0.351 e. The fourth-order valence-electron chi connectivity index (χ4n) is 2.86. The Labute approximate surface area is 140 Å². The van der Waals surface area contributed by atoms with E-state index in [9.17, 15) is 4.79 Å². The second-order valence-corrected chi connectivity index (χ2v) is 5.86. The number of hydrogen-bond donors (Lipinski definition) is 2. The van der Waals surface area contributed by atoms with Gasteiger partial charge < -0.3 is 10.6 Å². The maximum atomic E-state index is 12.4. The highest BCUT2D eigenvalue weighted by molar-refractivity contribution is 6.03. The van der Waals surface area contributed by atoms with Gasteiger partial charge in [-0.3, -0.25) is 4.79 Å². The van der Waals surface area contributed by atoms with Crippen molar-refractivity contribution in [1.29, 1.82) is 5.26 Å². The van der Waals surface area contributed by atoms with Crippen molar-refractivity contribution in [3.8, 4) is 6.07 Å². The van der Waals surface area contributed by atoms with Crippen molar-refractivity contribution in [2.24, 2.45) is 0 Å². The molecule has 0 bridgehead atoms. The third kappa shape index (κ3) is 3.87. The summed E-state index contributed by atoms with van der Waals surface area (Å²) in [5.41, 5.74) is 1.17. The van der Waals surface area contributed by atoms with Crippen molar-refractivity contribution in [3.05, 3.63) is 47.8 Å². The molecule has 1 fully saturated rings. The van der Waals surface area contributed by atoms with Crippen LogP contribution >= 0.6 is 0 Å². The predicted molar refractivity (Wildman–Crippen MR) is 91.6 cm³/mol. The molecule has 2 N–H and O–H groups in total. The molecule has 1 amide bonds. The zero-order chi connectivity index (χ0) is 16.8. The van der Waals surface area contributed by atoms with E-state index >= 15 is 0 Å². The number of para-hydroxylation sites is 1. The van der Waals surface area contributed by atoms with Crippen molar-refractivity contribution in [3.63, 3.8) is 0 Å². The lowest BCUT2D eigenvalue weighted by atomic mass is 9.96. The minimum Gasteiger partial charge on any atom is -0.351 e. The molecule has 0 saturated heterocycles. The number of amides is 1. The molecule has 6 nitrogen and oxygen atoms in total. The van der Waals surface area contributed by atoms with Crippen LogP contribution < -0.4 is 10.6 Å². The number of nitriles is 1. The van der Waals surface area contributed by atoms with Gasteiger partial charge in [-0.05, 0) is 31.0 Å². The molecule has 6 heteroatoms. The molecule has 0 atom stereocenters. The first kappa shape index (κ1) is 15.9. The molecule has 1 saturated carbocycles. The Morgan fingerprint density at radius 3 is 2.75 bits per heavy atom. The minimum absolute atomic E-state index is 0.274. The van der Waals surface area contributed by atoms with Crippen LogP contribution in [0, 0.1) is 11.3 Å². The second-order valence-electron chi connectivity index (χ2n) is 5.86. The molecule has 0 radical (unpaired) electrons. The molecule has 2 aromatic rings. The van der Waals surface area contributed by atoms with Gasteiger partial charge >= 0.3 is 0 Å². The van der Waals surface area contributed by atoms with E-state index in [1.54, 1.807) is 36.5 Å². The van der Waals surface area contributed by atoms with Gasteiger partial charge in [0.05, 0.1) is 11.3 Å². The SMILES string of the molecule is N#Cc1ccccc1NC(=O)c1ccnc(NC2CCCCC2)n1. The number of nitrogens with zero attached hydrogens (tertiary/aromatic N) is 3. The van der Waals surface area contributed by atoms with Gasteiger partial charge in [-0.15, -0.1) is 0 Å². The molecule has 1 aliphatic rings. The summed E-state index contributed by atoms with van der Waals surface area (Å²) in [7, 11) is 0. The van der Waals surface area contributed by atoms with Gasteiger partial charge in [0.25, 0.3) is 5.91 Å². The zero-order valence-electron chi connectivity index (χ0n) is 13.3. The van der Waals surface area contributed by atoms with Crippen molar-refractivity contribution >= 4 is 17.5 Å². The average Bonchev–Trinajstić information content (AvgIpc) is 2.63. The van der Waals surface area contributed by atoms with E-state index in [1.165, 1.54) is 19.3 Å². The number of hydrogen-bond acceptors (Lipinski definition) is 5. The van der Waals surface area contributed by atoms with E-state index in [0.29, 0.717) is 23.2 Å². The first-order valence-corrected chi connectivity index (χ1v) is 8.16. The smallest absolute Gasteiger partial charge is 0.274 e. The Balaban J connectivity index is 1.71. The molecule has 122 valence electrons. The van der Waals surface area contributed by atoms with Crippen molar-refractivity contribution < 1.29 is 4.79 Å². The highest BCUT2D eigenvalue weighted by Gasteiger charge is 2.16. The fourth-order valence-corrected chi connectivity index (χ4v) is 2.86. The van der Waals surface area contributed by atoms with Gasteiger partial charge in [-0.25, -0.2) is 9.97 Å². The van der Waals surface area contributed by atoms with Crippen LogP contribution in [0.25, 0.3) is 0 Å². The van der Waals surface area contributed by atoms with Gasteiger partial charge in [0, 0.05) is 12.2 Å². The van der Waals surface area contributed by atoms with Crippen LogP contribution in [0.2, 0.25) is 0 Å². The van der Waals surface area contributed by atoms with Gasteiger partial charge in [0.2, 0.25) is 5.95 Å². The maximum Gasteiger partial charge on any atom is 0.274 e. The number of carbonyl (C=O) groups is 1. The number of anilines is 2. The van der Waals surface area contributed by atoms with E-state index in [0.717, 1.165) is 12.8 Å². The van der Waals surface area contributed by atoms with E-state index < -0.39 is 0 Å². The summed E-state index contributed by atoms with van der Waals surface area (Å²) < 4.78 is 0. The van der Waals surface area contributed by atoms with Gasteiger partial charge in [0.15, 0.2) is 0 Å². The standard InChI is InChI=1S/C18H19N5O/c19-12-13-6-4-5-9-15(13)22-17(24)16-10-11-20-18(23-16)21-14-7-2-1-3-8-14/h4-6,9-11,14H,1-3,7-8H2,(H,22,24)(H,20,21,23). The number of aromatic nitrogens is 2. The molecule has 1 aromatic carbocycles. The molecule has 24 heavy (non-hydrogen) atoms. The van der Waals surface area contributed by atoms with Crippen molar-refractivity contribution in [2.75, 3.05) is 10.6 Å². The fraction of sp³-hybridized carbons (Fsp3) is 0.333. The molecule has 0 unspecified atom stereocenters. The van der Waals surface area contributed by atoms with Crippen molar-refractivity contribution in [1.82, 2.24) is 9.97 Å². The van der Waals surface area contributed by atoms with E-state index in [1.807, 2.05) is 0 Å². The predicted octanol–water partition coefficient (Wildman–Crippen LogP) is 3.35. The maximum absolute atomic E-state index is 12.4. The molecular formula is C18H19N5O. The Morgan fingerprint density at radius 2 is 1.96 bits per heavy atom.